The van der Waals surface area contributed by atoms with Crippen LogP contribution in [-0.2, 0) is 11.3 Å². The van der Waals surface area contributed by atoms with Crippen LogP contribution in [-0.4, -0.2) is 29.2 Å². The maximum absolute atomic E-state index is 5.56. The van der Waals surface area contributed by atoms with Crippen LogP contribution in [0.2, 0.25) is 0 Å². The van der Waals surface area contributed by atoms with E-state index >= 15 is 0 Å². The van der Waals surface area contributed by atoms with Gasteiger partial charge in [-0.3, -0.25) is 0 Å². The Bertz CT molecular complexity index is 324. The summed E-state index contributed by atoms with van der Waals surface area (Å²) in [6, 6.07) is 1.95. The maximum Gasteiger partial charge on any atom is 0.125 e. The molecule has 2 heterocycles. The summed E-state index contributed by atoms with van der Waals surface area (Å²) < 4.78 is 5.56. The molecule has 1 N–H and O–H groups in total. The second-order valence-corrected chi connectivity index (χ2v) is 4.20. The van der Waals surface area contributed by atoms with Gasteiger partial charge in [0, 0.05) is 19.3 Å². The molecule has 1 aromatic heterocycles. The van der Waals surface area contributed by atoms with Crippen molar-refractivity contribution in [2.45, 2.75) is 38.8 Å². The van der Waals surface area contributed by atoms with Crippen molar-refractivity contribution in [3.8, 4) is 0 Å². The number of aromatic nitrogens is 2. The molecule has 0 aromatic carbocycles. The van der Waals surface area contributed by atoms with E-state index in [0.29, 0.717) is 6.10 Å². The normalized spacial score (nSPS) is 20.2. The zero-order chi connectivity index (χ0) is 11.2. The number of nitrogens with zero attached hydrogens (tertiary/aromatic N) is 2. The quantitative estimate of drug-likeness (QED) is 0.764. The van der Waals surface area contributed by atoms with Crippen LogP contribution in [0.4, 0.5) is 0 Å². The molecule has 88 valence electrons. The molecule has 0 bridgehead atoms. The molecule has 1 saturated heterocycles. The van der Waals surface area contributed by atoms with Gasteiger partial charge in [-0.25, -0.2) is 9.97 Å². The van der Waals surface area contributed by atoms with E-state index in [2.05, 4.69) is 15.3 Å². The first kappa shape index (κ1) is 11.5. The minimum atomic E-state index is 0.472. The fraction of sp³-hybridized carbons (Fsp3) is 0.667. The average molecular weight is 221 g/mol. The minimum absolute atomic E-state index is 0.472. The molecule has 2 rings (SSSR count). The lowest BCUT2D eigenvalue weighted by Crippen LogP contribution is -2.20. The molecule has 0 aliphatic carbocycles. The van der Waals surface area contributed by atoms with E-state index in [-0.39, 0.29) is 0 Å². The predicted octanol–water partition coefficient (Wildman–Crippen LogP) is 1.44. The number of aryl methyl sites for hydroxylation is 1. The third kappa shape index (κ3) is 3.54. The van der Waals surface area contributed by atoms with Gasteiger partial charge in [-0.2, -0.15) is 0 Å². The molecule has 4 nitrogen and oxygen atoms in total. The number of ether oxygens (including phenoxy) is 1. The third-order valence-corrected chi connectivity index (χ3v) is 2.81. The van der Waals surface area contributed by atoms with Crippen LogP contribution < -0.4 is 5.32 Å². The van der Waals surface area contributed by atoms with Crippen molar-refractivity contribution < 1.29 is 4.74 Å². The van der Waals surface area contributed by atoms with Crippen molar-refractivity contribution in [2.75, 3.05) is 13.2 Å². The first-order valence-electron chi connectivity index (χ1n) is 5.95. The van der Waals surface area contributed by atoms with E-state index in [1.807, 2.05) is 13.0 Å². The Balaban J connectivity index is 1.64. The van der Waals surface area contributed by atoms with Crippen molar-refractivity contribution in [2.24, 2.45) is 0 Å². The summed E-state index contributed by atoms with van der Waals surface area (Å²) in [5.74, 6) is 0.832. The van der Waals surface area contributed by atoms with Crippen LogP contribution in [0.1, 0.15) is 30.8 Å². The molecule has 1 aromatic rings. The van der Waals surface area contributed by atoms with E-state index in [9.17, 15) is 0 Å². The molecule has 0 amide bonds. The van der Waals surface area contributed by atoms with Gasteiger partial charge in [0.05, 0.1) is 11.8 Å². The van der Waals surface area contributed by atoms with Gasteiger partial charge in [0.15, 0.2) is 0 Å². The van der Waals surface area contributed by atoms with Crippen LogP contribution >= 0.6 is 0 Å². The topological polar surface area (TPSA) is 47.0 Å². The Morgan fingerprint density at radius 3 is 3.25 bits per heavy atom. The molecule has 16 heavy (non-hydrogen) atoms. The molecule has 1 aliphatic heterocycles. The molecule has 1 atom stereocenters. The monoisotopic (exact) mass is 221 g/mol. The minimum Gasteiger partial charge on any atom is -0.378 e. The molecule has 0 radical (unpaired) electrons. The summed E-state index contributed by atoms with van der Waals surface area (Å²) in [5.41, 5.74) is 1.06. The standard InChI is InChI=1S/C12H19N3O/c1-10-14-7-4-11(15-10)9-13-6-5-12-3-2-8-16-12/h4,7,12-13H,2-3,5-6,8-9H2,1H3. The Morgan fingerprint density at radius 2 is 2.50 bits per heavy atom. The second kappa shape index (κ2) is 5.92. The van der Waals surface area contributed by atoms with Crippen LogP contribution in [0.5, 0.6) is 0 Å². The van der Waals surface area contributed by atoms with Gasteiger partial charge >= 0.3 is 0 Å². The Morgan fingerprint density at radius 1 is 1.56 bits per heavy atom. The van der Waals surface area contributed by atoms with E-state index in [1.165, 1.54) is 12.8 Å². The lowest BCUT2D eigenvalue weighted by Gasteiger charge is -2.09. The lowest BCUT2D eigenvalue weighted by atomic mass is 10.2. The molecule has 1 unspecified atom stereocenters. The van der Waals surface area contributed by atoms with Gasteiger partial charge in [-0.15, -0.1) is 0 Å². The van der Waals surface area contributed by atoms with Gasteiger partial charge in [0.1, 0.15) is 5.82 Å². The highest BCUT2D eigenvalue weighted by Crippen LogP contribution is 2.14. The molecule has 4 heteroatoms. The zero-order valence-corrected chi connectivity index (χ0v) is 9.78. The summed E-state index contributed by atoms with van der Waals surface area (Å²) in [6.45, 7) is 4.66. The van der Waals surface area contributed by atoms with Crippen molar-refractivity contribution in [3.05, 3.63) is 23.8 Å². The molecular weight excluding hydrogens is 202 g/mol. The van der Waals surface area contributed by atoms with Gasteiger partial charge < -0.3 is 10.1 Å². The molecule has 1 fully saturated rings. The summed E-state index contributed by atoms with van der Waals surface area (Å²) in [6.07, 6.45) is 5.81. The first-order valence-corrected chi connectivity index (χ1v) is 5.95. The molecule has 0 saturated carbocycles. The van der Waals surface area contributed by atoms with E-state index < -0.39 is 0 Å². The SMILES string of the molecule is Cc1nccc(CNCCC2CCCO2)n1. The van der Waals surface area contributed by atoms with Crippen LogP contribution in [0, 0.1) is 6.92 Å². The molecular formula is C12H19N3O. The number of hydrogen-bond acceptors (Lipinski definition) is 4. The molecule has 0 spiro atoms. The summed E-state index contributed by atoms with van der Waals surface area (Å²) in [4.78, 5) is 8.41. The summed E-state index contributed by atoms with van der Waals surface area (Å²) in [7, 11) is 0. The highest BCUT2D eigenvalue weighted by molar-refractivity contribution is 5.00. The van der Waals surface area contributed by atoms with Crippen molar-refractivity contribution in [3.63, 3.8) is 0 Å². The van der Waals surface area contributed by atoms with Gasteiger partial charge in [0.25, 0.3) is 0 Å². The van der Waals surface area contributed by atoms with E-state index in [4.69, 9.17) is 4.74 Å². The fourth-order valence-corrected chi connectivity index (χ4v) is 1.96. The fourth-order valence-electron chi connectivity index (χ4n) is 1.96. The Labute approximate surface area is 96.4 Å². The van der Waals surface area contributed by atoms with Gasteiger partial charge in [0.2, 0.25) is 0 Å². The largest absolute Gasteiger partial charge is 0.378 e. The van der Waals surface area contributed by atoms with Crippen molar-refractivity contribution in [1.82, 2.24) is 15.3 Å². The summed E-state index contributed by atoms with van der Waals surface area (Å²) in [5, 5.41) is 3.39. The second-order valence-electron chi connectivity index (χ2n) is 4.20. The van der Waals surface area contributed by atoms with Gasteiger partial charge in [-0.05, 0) is 38.8 Å². The Hall–Kier alpha value is -1.00. The van der Waals surface area contributed by atoms with Crippen molar-refractivity contribution >= 4 is 0 Å². The smallest absolute Gasteiger partial charge is 0.125 e. The predicted molar refractivity (Wildman–Crippen MR) is 62.1 cm³/mol. The maximum atomic E-state index is 5.56. The number of nitrogens with one attached hydrogen (secondary N) is 1. The highest BCUT2D eigenvalue weighted by Gasteiger charge is 2.14. The molecule has 1 aliphatic rings. The van der Waals surface area contributed by atoms with E-state index in [1.54, 1.807) is 6.20 Å². The zero-order valence-electron chi connectivity index (χ0n) is 9.78. The number of hydrogen-bond donors (Lipinski definition) is 1. The highest BCUT2D eigenvalue weighted by atomic mass is 16.5. The average Bonchev–Trinajstić information content (AvgIpc) is 2.77. The van der Waals surface area contributed by atoms with Crippen LogP contribution in [0.3, 0.4) is 0 Å². The Kier molecular flexibility index (Phi) is 4.25. The van der Waals surface area contributed by atoms with Crippen molar-refractivity contribution in [1.29, 1.82) is 0 Å². The van der Waals surface area contributed by atoms with E-state index in [0.717, 1.165) is 37.6 Å². The number of rotatable bonds is 5. The van der Waals surface area contributed by atoms with Crippen LogP contribution in [0.15, 0.2) is 12.3 Å². The third-order valence-electron chi connectivity index (χ3n) is 2.81. The van der Waals surface area contributed by atoms with Crippen LogP contribution in [0.25, 0.3) is 0 Å². The van der Waals surface area contributed by atoms with Gasteiger partial charge in [-0.1, -0.05) is 0 Å². The first-order chi connectivity index (χ1) is 7.84. The lowest BCUT2D eigenvalue weighted by molar-refractivity contribution is 0.104. The summed E-state index contributed by atoms with van der Waals surface area (Å²) >= 11 is 0.